The molecule has 6 nitrogen and oxygen atoms in total. The van der Waals surface area contributed by atoms with Gasteiger partial charge in [-0.2, -0.15) is 0 Å². The van der Waals surface area contributed by atoms with E-state index in [-0.39, 0.29) is 6.42 Å². The number of methoxy groups -OCH3 is 1. The Kier molecular flexibility index (Phi) is 8.73. The molecule has 2 rings (SSSR count). The summed E-state index contributed by atoms with van der Waals surface area (Å²) in [5.41, 5.74) is 1.18. The maximum absolute atomic E-state index is 12.2. The maximum Gasteiger partial charge on any atom is 0.408 e. The molecular formula is C22H25Br2NO5. The molecule has 0 fully saturated rings. The quantitative estimate of drug-likeness (QED) is 0.474. The molecular weight excluding hydrogens is 518 g/mol. The number of carbonyl (C=O) groups excluding carboxylic acids is 2. The number of carbonyl (C=O) groups is 2. The zero-order chi connectivity index (χ0) is 22.3. The number of benzene rings is 2. The molecule has 0 aliphatic rings. The van der Waals surface area contributed by atoms with Crippen LogP contribution in [0.25, 0.3) is 0 Å². The minimum Gasteiger partial charge on any atom is -0.487 e. The number of nitrogens with one attached hydrogen (secondary N) is 1. The Morgan fingerprint density at radius 3 is 2.17 bits per heavy atom. The third-order valence-electron chi connectivity index (χ3n) is 3.90. The number of amides is 1. The van der Waals surface area contributed by atoms with Gasteiger partial charge in [-0.3, -0.25) is 0 Å². The van der Waals surface area contributed by atoms with E-state index in [1.807, 2.05) is 42.5 Å². The molecule has 0 radical (unpaired) electrons. The van der Waals surface area contributed by atoms with Crippen LogP contribution in [0.2, 0.25) is 0 Å². The van der Waals surface area contributed by atoms with Gasteiger partial charge in [0.2, 0.25) is 0 Å². The second kappa shape index (κ2) is 10.8. The van der Waals surface area contributed by atoms with Gasteiger partial charge in [-0.1, -0.05) is 30.3 Å². The molecule has 30 heavy (non-hydrogen) atoms. The highest BCUT2D eigenvalue weighted by Crippen LogP contribution is 2.35. The standard InChI is InChI=1S/C22H25Br2NO5/c1-22(2,3)30-21(27)25-18(20(26)28-4)12-15-10-16(23)19(17(24)11-15)29-13-14-8-6-5-7-9-14/h5-11,18H,12-13H2,1-4H3,(H,25,27)/t18-/m0/s1. The highest BCUT2D eigenvalue weighted by molar-refractivity contribution is 9.11. The summed E-state index contributed by atoms with van der Waals surface area (Å²) in [5, 5.41) is 2.58. The van der Waals surface area contributed by atoms with Crippen LogP contribution in [0, 0.1) is 0 Å². The van der Waals surface area contributed by atoms with Crippen LogP contribution in [-0.2, 0) is 27.3 Å². The van der Waals surface area contributed by atoms with Gasteiger partial charge in [0.25, 0.3) is 0 Å². The van der Waals surface area contributed by atoms with Gasteiger partial charge in [-0.05, 0) is 75.9 Å². The predicted molar refractivity (Wildman–Crippen MR) is 121 cm³/mol. The summed E-state index contributed by atoms with van der Waals surface area (Å²) < 4.78 is 17.5. The maximum atomic E-state index is 12.2. The molecule has 0 spiro atoms. The SMILES string of the molecule is COC(=O)[C@H](Cc1cc(Br)c(OCc2ccccc2)c(Br)c1)NC(=O)OC(C)(C)C. The number of esters is 1. The molecule has 2 aromatic carbocycles. The van der Waals surface area contributed by atoms with Crippen molar-refractivity contribution in [2.75, 3.05) is 7.11 Å². The van der Waals surface area contributed by atoms with Crippen molar-refractivity contribution in [3.63, 3.8) is 0 Å². The van der Waals surface area contributed by atoms with Crippen LogP contribution in [-0.4, -0.2) is 30.8 Å². The van der Waals surface area contributed by atoms with Crippen molar-refractivity contribution in [3.05, 3.63) is 62.5 Å². The van der Waals surface area contributed by atoms with Crippen LogP contribution in [0.5, 0.6) is 5.75 Å². The Hall–Kier alpha value is -2.06. The van der Waals surface area contributed by atoms with E-state index in [2.05, 4.69) is 37.2 Å². The molecule has 1 atom stereocenters. The molecule has 1 N–H and O–H groups in total. The Balaban J connectivity index is 2.12. The molecule has 1 amide bonds. The van der Waals surface area contributed by atoms with Crippen molar-refractivity contribution in [2.24, 2.45) is 0 Å². The molecule has 0 heterocycles. The molecule has 8 heteroatoms. The lowest BCUT2D eigenvalue weighted by atomic mass is 10.1. The molecule has 2 aromatic rings. The number of halogens is 2. The lowest BCUT2D eigenvalue weighted by Gasteiger charge is -2.23. The van der Waals surface area contributed by atoms with Crippen LogP contribution in [0.1, 0.15) is 31.9 Å². The lowest BCUT2D eigenvalue weighted by Crippen LogP contribution is -2.45. The Morgan fingerprint density at radius 2 is 1.63 bits per heavy atom. The summed E-state index contributed by atoms with van der Waals surface area (Å²) in [6.45, 7) is 5.68. The van der Waals surface area contributed by atoms with Crippen LogP contribution in [0.4, 0.5) is 4.79 Å². The first-order valence-corrected chi connectivity index (χ1v) is 10.9. The summed E-state index contributed by atoms with van der Waals surface area (Å²) in [6, 6.07) is 12.6. The third-order valence-corrected chi connectivity index (χ3v) is 5.08. The van der Waals surface area contributed by atoms with Gasteiger partial charge < -0.3 is 19.5 Å². The summed E-state index contributed by atoms with van der Waals surface area (Å²) in [5.74, 6) is 0.0924. The summed E-state index contributed by atoms with van der Waals surface area (Å²) in [6.07, 6.45) is -0.457. The zero-order valence-corrected chi connectivity index (χ0v) is 20.5. The summed E-state index contributed by atoms with van der Waals surface area (Å²) in [7, 11) is 1.28. The number of ether oxygens (including phenoxy) is 3. The molecule has 162 valence electrons. The van der Waals surface area contributed by atoms with Gasteiger partial charge in [0.1, 0.15) is 24.0 Å². The topological polar surface area (TPSA) is 73.9 Å². The first kappa shape index (κ1) is 24.2. The van der Waals surface area contributed by atoms with Crippen molar-refractivity contribution >= 4 is 43.9 Å². The normalized spacial score (nSPS) is 12.1. The fourth-order valence-electron chi connectivity index (χ4n) is 2.62. The van der Waals surface area contributed by atoms with Crippen LogP contribution < -0.4 is 10.1 Å². The van der Waals surface area contributed by atoms with E-state index in [1.54, 1.807) is 20.8 Å². The van der Waals surface area contributed by atoms with Gasteiger partial charge in [0.05, 0.1) is 16.1 Å². The van der Waals surface area contributed by atoms with Gasteiger partial charge >= 0.3 is 12.1 Å². The molecule has 0 aliphatic heterocycles. The molecule has 0 unspecified atom stereocenters. The molecule has 0 saturated heterocycles. The number of rotatable bonds is 7. The molecule has 0 aromatic heterocycles. The van der Waals surface area contributed by atoms with E-state index in [0.717, 1.165) is 20.1 Å². The average Bonchev–Trinajstić information content (AvgIpc) is 2.65. The van der Waals surface area contributed by atoms with Crippen molar-refractivity contribution < 1.29 is 23.8 Å². The number of alkyl carbamates (subject to hydrolysis) is 1. The second-order valence-electron chi connectivity index (χ2n) is 7.59. The zero-order valence-electron chi connectivity index (χ0n) is 17.3. The Bertz CT molecular complexity index is 858. The number of hydrogen-bond acceptors (Lipinski definition) is 5. The van der Waals surface area contributed by atoms with Crippen molar-refractivity contribution in [2.45, 2.75) is 45.4 Å². The number of hydrogen-bond donors (Lipinski definition) is 1. The smallest absolute Gasteiger partial charge is 0.408 e. The Labute approximate surface area is 193 Å². The highest BCUT2D eigenvalue weighted by Gasteiger charge is 2.26. The van der Waals surface area contributed by atoms with E-state index < -0.39 is 23.7 Å². The lowest BCUT2D eigenvalue weighted by molar-refractivity contribution is -0.143. The first-order chi connectivity index (χ1) is 14.1. The molecule has 0 aliphatic carbocycles. The van der Waals surface area contributed by atoms with Crippen LogP contribution in [0.3, 0.4) is 0 Å². The van der Waals surface area contributed by atoms with Gasteiger partial charge in [0.15, 0.2) is 0 Å². The summed E-state index contributed by atoms with van der Waals surface area (Å²) >= 11 is 7.05. The largest absolute Gasteiger partial charge is 0.487 e. The fourth-order valence-corrected chi connectivity index (χ4v) is 4.13. The van der Waals surface area contributed by atoms with Gasteiger partial charge in [-0.25, -0.2) is 9.59 Å². The first-order valence-electron chi connectivity index (χ1n) is 9.31. The highest BCUT2D eigenvalue weighted by atomic mass is 79.9. The Morgan fingerprint density at radius 1 is 1.03 bits per heavy atom. The predicted octanol–water partition coefficient (Wildman–Crippen LogP) is 5.40. The minimum absolute atomic E-state index is 0.224. The van der Waals surface area contributed by atoms with E-state index in [9.17, 15) is 9.59 Å². The van der Waals surface area contributed by atoms with Crippen molar-refractivity contribution in [3.8, 4) is 5.75 Å². The third kappa shape index (κ3) is 7.65. The van der Waals surface area contributed by atoms with E-state index in [4.69, 9.17) is 14.2 Å². The molecule has 0 saturated carbocycles. The van der Waals surface area contributed by atoms with Gasteiger partial charge in [-0.15, -0.1) is 0 Å². The van der Waals surface area contributed by atoms with Crippen molar-refractivity contribution in [1.29, 1.82) is 0 Å². The van der Waals surface area contributed by atoms with Crippen molar-refractivity contribution in [1.82, 2.24) is 5.32 Å². The van der Waals surface area contributed by atoms with E-state index in [1.165, 1.54) is 7.11 Å². The van der Waals surface area contributed by atoms with E-state index >= 15 is 0 Å². The summed E-state index contributed by atoms with van der Waals surface area (Å²) in [4.78, 5) is 24.3. The van der Waals surface area contributed by atoms with Gasteiger partial charge in [0, 0.05) is 6.42 Å². The monoisotopic (exact) mass is 541 g/mol. The molecule has 0 bridgehead atoms. The second-order valence-corrected chi connectivity index (χ2v) is 9.30. The van der Waals surface area contributed by atoms with Crippen LogP contribution >= 0.6 is 31.9 Å². The minimum atomic E-state index is -0.889. The average molecular weight is 543 g/mol. The van der Waals surface area contributed by atoms with E-state index in [0.29, 0.717) is 12.4 Å². The fraction of sp³-hybridized carbons (Fsp3) is 0.364. The van der Waals surface area contributed by atoms with Crippen LogP contribution in [0.15, 0.2) is 51.4 Å².